The normalized spacial score (nSPS) is 11.1. The number of anilines is 2. The molecule has 0 atom stereocenters. The Bertz CT molecular complexity index is 772. The largest absolute Gasteiger partial charge is 0.478 e. The smallest absolute Gasteiger partial charge is 0.416 e. The van der Waals surface area contributed by atoms with Gasteiger partial charge < -0.3 is 15.5 Å². The minimum atomic E-state index is -4.68. The molecule has 2 aromatic carbocycles. The molecule has 2 aromatic rings. The predicted molar refractivity (Wildman–Crippen MR) is 75.1 cm³/mol. The molecule has 0 heterocycles. The van der Waals surface area contributed by atoms with E-state index >= 15 is 0 Å². The van der Waals surface area contributed by atoms with E-state index in [1.807, 2.05) is 0 Å². The number of para-hydroxylation sites is 1. The average molecular weight is 325 g/mol. The third-order valence-electron chi connectivity index (χ3n) is 3.00. The first-order valence-electron chi connectivity index (χ1n) is 6.24. The zero-order valence-electron chi connectivity index (χ0n) is 11.4. The quantitative estimate of drug-likeness (QED) is 0.795. The summed E-state index contributed by atoms with van der Waals surface area (Å²) >= 11 is 0. The SMILES string of the molecule is O=C(O)c1ccccc1Nc1ccc(C(F)(F)F)cc1C(=O)O. The molecule has 2 rings (SSSR count). The number of hydrogen-bond donors (Lipinski definition) is 3. The highest BCUT2D eigenvalue weighted by molar-refractivity contribution is 5.98. The van der Waals surface area contributed by atoms with Crippen LogP contribution in [-0.4, -0.2) is 22.2 Å². The van der Waals surface area contributed by atoms with Crippen molar-refractivity contribution in [3.05, 3.63) is 59.2 Å². The lowest BCUT2D eigenvalue weighted by Crippen LogP contribution is -2.10. The second kappa shape index (κ2) is 5.99. The number of rotatable bonds is 4. The standard InChI is InChI=1S/C15H10F3NO4/c16-15(17,18)8-5-6-12(10(7-8)14(22)23)19-11-4-2-1-3-9(11)13(20)21/h1-7,19H,(H,20,21)(H,22,23). The fourth-order valence-electron chi connectivity index (χ4n) is 1.93. The fraction of sp³-hybridized carbons (Fsp3) is 0.0667. The Morgan fingerprint density at radius 3 is 2.00 bits per heavy atom. The number of nitrogens with one attached hydrogen (secondary N) is 1. The molecule has 0 aliphatic rings. The fourth-order valence-corrected chi connectivity index (χ4v) is 1.93. The summed E-state index contributed by atoms with van der Waals surface area (Å²) in [5, 5.41) is 20.7. The summed E-state index contributed by atoms with van der Waals surface area (Å²) in [6.45, 7) is 0. The Morgan fingerprint density at radius 1 is 0.870 bits per heavy atom. The van der Waals surface area contributed by atoms with Gasteiger partial charge in [0.15, 0.2) is 0 Å². The van der Waals surface area contributed by atoms with Gasteiger partial charge in [0, 0.05) is 0 Å². The van der Waals surface area contributed by atoms with Crippen LogP contribution in [0.5, 0.6) is 0 Å². The van der Waals surface area contributed by atoms with E-state index in [-0.39, 0.29) is 16.9 Å². The summed E-state index contributed by atoms with van der Waals surface area (Å²) in [6.07, 6.45) is -4.68. The van der Waals surface area contributed by atoms with Crippen molar-refractivity contribution in [3.8, 4) is 0 Å². The average Bonchev–Trinajstić information content (AvgIpc) is 2.46. The molecule has 0 aliphatic carbocycles. The Morgan fingerprint density at radius 2 is 1.43 bits per heavy atom. The van der Waals surface area contributed by atoms with Crippen LogP contribution in [-0.2, 0) is 6.18 Å². The van der Waals surface area contributed by atoms with Crippen LogP contribution in [0.25, 0.3) is 0 Å². The first-order chi connectivity index (χ1) is 10.7. The topological polar surface area (TPSA) is 86.6 Å². The molecule has 0 saturated heterocycles. The monoisotopic (exact) mass is 325 g/mol. The van der Waals surface area contributed by atoms with Crippen molar-refractivity contribution < 1.29 is 33.0 Å². The van der Waals surface area contributed by atoms with Gasteiger partial charge in [-0.1, -0.05) is 12.1 Å². The molecule has 0 amide bonds. The minimum Gasteiger partial charge on any atom is -0.478 e. The van der Waals surface area contributed by atoms with Crippen LogP contribution >= 0.6 is 0 Å². The number of carboxylic acids is 2. The molecule has 0 bridgehead atoms. The molecule has 0 unspecified atom stereocenters. The third-order valence-corrected chi connectivity index (χ3v) is 3.00. The summed E-state index contributed by atoms with van der Waals surface area (Å²) in [7, 11) is 0. The van der Waals surface area contributed by atoms with Gasteiger partial charge in [0.05, 0.1) is 28.1 Å². The summed E-state index contributed by atoms with van der Waals surface area (Å²) in [4.78, 5) is 22.3. The Balaban J connectivity index is 2.49. The van der Waals surface area contributed by atoms with Crippen LogP contribution in [0, 0.1) is 0 Å². The van der Waals surface area contributed by atoms with E-state index in [1.54, 1.807) is 0 Å². The number of carbonyl (C=O) groups is 2. The van der Waals surface area contributed by atoms with Gasteiger partial charge in [0.25, 0.3) is 0 Å². The maximum atomic E-state index is 12.7. The van der Waals surface area contributed by atoms with Crippen LogP contribution < -0.4 is 5.32 Å². The minimum absolute atomic E-state index is 0.0715. The van der Waals surface area contributed by atoms with Gasteiger partial charge in [0.2, 0.25) is 0 Å². The number of hydrogen-bond acceptors (Lipinski definition) is 3. The molecule has 3 N–H and O–H groups in total. The zero-order valence-corrected chi connectivity index (χ0v) is 11.4. The van der Waals surface area contributed by atoms with Crippen molar-refractivity contribution in [3.63, 3.8) is 0 Å². The maximum Gasteiger partial charge on any atom is 0.416 e. The van der Waals surface area contributed by atoms with E-state index in [0.717, 1.165) is 12.1 Å². The highest BCUT2D eigenvalue weighted by Crippen LogP contribution is 2.33. The van der Waals surface area contributed by atoms with Crippen molar-refractivity contribution in [2.45, 2.75) is 6.18 Å². The van der Waals surface area contributed by atoms with Crippen LogP contribution in [0.3, 0.4) is 0 Å². The molecule has 8 heteroatoms. The summed E-state index contributed by atoms with van der Waals surface area (Å²) in [6, 6.07) is 7.82. The second-order valence-electron chi connectivity index (χ2n) is 4.54. The van der Waals surface area contributed by atoms with Crippen molar-refractivity contribution in [2.75, 3.05) is 5.32 Å². The Kier molecular flexibility index (Phi) is 4.26. The molecule has 0 aromatic heterocycles. The molecule has 0 spiro atoms. The first-order valence-corrected chi connectivity index (χ1v) is 6.24. The molecule has 5 nitrogen and oxygen atoms in total. The summed E-state index contributed by atoms with van der Waals surface area (Å²) < 4.78 is 38.0. The molecule has 120 valence electrons. The van der Waals surface area contributed by atoms with E-state index in [9.17, 15) is 22.8 Å². The molecule has 0 fully saturated rings. The summed E-state index contributed by atoms with van der Waals surface area (Å²) in [5.74, 6) is -2.82. The lowest BCUT2D eigenvalue weighted by molar-refractivity contribution is -0.137. The number of benzene rings is 2. The highest BCUT2D eigenvalue weighted by Gasteiger charge is 2.32. The van der Waals surface area contributed by atoms with E-state index in [0.29, 0.717) is 6.07 Å². The van der Waals surface area contributed by atoms with E-state index in [2.05, 4.69) is 5.32 Å². The lowest BCUT2D eigenvalue weighted by Gasteiger charge is -2.14. The van der Waals surface area contributed by atoms with Crippen LogP contribution in [0.2, 0.25) is 0 Å². The van der Waals surface area contributed by atoms with Crippen LogP contribution in [0.1, 0.15) is 26.3 Å². The molecule has 0 aliphatic heterocycles. The van der Waals surface area contributed by atoms with Crippen molar-refractivity contribution in [1.82, 2.24) is 0 Å². The second-order valence-corrected chi connectivity index (χ2v) is 4.54. The van der Waals surface area contributed by atoms with Gasteiger partial charge >= 0.3 is 18.1 Å². The number of carboxylic acid groups (broad SMARTS) is 2. The van der Waals surface area contributed by atoms with Gasteiger partial charge in [0.1, 0.15) is 0 Å². The molecular formula is C15H10F3NO4. The number of aromatic carboxylic acids is 2. The van der Waals surface area contributed by atoms with Gasteiger partial charge in [-0.25, -0.2) is 9.59 Å². The predicted octanol–water partition coefficient (Wildman–Crippen LogP) is 3.85. The highest BCUT2D eigenvalue weighted by atomic mass is 19.4. The summed E-state index contributed by atoms with van der Waals surface area (Å²) in [5.41, 5.74) is -1.92. The van der Waals surface area contributed by atoms with E-state index < -0.39 is 29.2 Å². The van der Waals surface area contributed by atoms with Crippen molar-refractivity contribution in [2.24, 2.45) is 0 Å². The van der Waals surface area contributed by atoms with Gasteiger partial charge in [-0.05, 0) is 30.3 Å². The third kappa shape index (κ3) is 3.60. The zero-order chi connectivity index (χ0) is 17.2. The van der Waals surface area contributed by atoms with Crippen molar-refractivity contribution in [1.29, 1.82) is 0 Å². The Labute approximate surface area is 128 Å². The number of alkyl halides is 3. The van der Waals surface area contributed by atoms with E-state index in [1.165, 1.54) is 24.3 Å². The number of halogens is 3. The maximum absolute atomic E-state index is 12.7. The molecular weight excluding hydrogens is 315 g/mol. The van der Waals surface area contributed by atoms with E-state index in [4.69, 9.17) is 10.2 Å². The van der Waals surface area contributed by atoms with Crippen LogP contribution in [0.15, 0.2) is 42.5 Å². The van der Waals surface area contributed by atoms with Crippen LogP contribution in [0.4, 0.5) is 24.5 Å². The van der Waals surface area contributed by atoms with Gasteiger partial charge in [-0.3, -0.25) is 0 Å². The lowest BCUT2D eigenvalue weighted by atomic mass is 10.1. The first kappa shape index (κ1) is 16.3. The Hall–Kier alpha value is -3.03. The molecule has 0 radical (unpaired) electrons. The molecule has 0 saturated carbocycles. The van der Waals surface area contributed by atoms with Crippen molar-refractivity contribution >= 4 is 23.3 Å². The van der Waals surface area contributed by atoms with Gasteiger partial charge in [-0.2, -0.15) is 13.2 Å². The van der Waals surface area contributed by atoms with Gasteiger partial charge in [-0.15, -0.1) is 0 Å². The molecule has 23 heavy (non-hydrogen) atoms.